The minimum Gasteiger partial charge on any atom is -0.258 e. The van der Waals surface area contributed by atoms with Crippen LogP contribution in [-0.2, 0) is 10.8 Å². The number of hydrogen-bond acceptors (Lipinski definition) is 4. The lowest BCUT2D eigenvalue weighted by Gasteiger charge is -2.81. The van der Waals surface area contributed by atoms with Gasteiger partial charge >= 0.3 is 0 Å². The van der Waals surface area contributed by atoms with Crippen LogP contribution < -0.4 is 0 Å². The van der Waals surface area contributed by atoms with Crippen LogP contribution in [0.4, 0.5) is 11.4 Å². The monoisotopic (exact) mass is 737 g/mol. The number of benzene rings is 2. The summed E-state index contributed by atoms with van der Waals surface area (Å²) in [6.07, 6.45) is 31.1. The van der Waals surface area contributed by atoms with Crippen molar-refractivity contribution in [3.8, 4) is 0 Å². The summed E-state index contributed by atoms with van der Waals surface area (Å²) in [4.78, 5) is 23.3. The fourth-order valence-corrected chi connectivity index (χ4v) is 17.0. The maximum atomic E-state index is 11.9. The van der Waals surface area contributed by atoms with Crippen molar-refractivity contribution in [2.24, 2.45) is 32.5 Å². The van der Waals surface area contributed by atoms with E-state index in [0.717, 1.165) is 0 Å². The third-order valence-corrected chi connectivity index (χ3v) is 17.3. The molecule has 8 saturated carbocycles. The quantitative estimate of drug-likeness (QED) is 0.119. The lowest BCUT2D eigenvalue weighted by molar-refractivity contribution is -0.385. The summed E-state index contributed by atoms with van der Waals surface area (Å²) in [5, 5.41) is 23.8. The molecule has 0 heterocycles. The Morgan fingerprint density at radius 1 is 0.426 bits per heavy atom. The van der Waals surface area contributed by atoms with Gasteiger partial charge in [0.1, 0.15) is 0 Å². The molecule has 8 bridgehead atoms. The number of nitro groups is 2. The van der Waals surface area contributed by atoms with Gasteiger partial charge in [0.25, 0.3) is 11.4 Å². The predicted octanol–water partition coefficient (Wildman–Crippen LogP) is 14.1. The van der Waals surface area contributed by atoms with Crippen LogP contribution in [0.1, 0.15) is 193 Å². The van der Waals surface area contributed by atoms with Gasteiger partial charge in [-0.15, -0.1) is 0 Å². The molecule has 4 atom stereocenters. The Morgan fingerprint density at radius 3 is 0.944 bits per heavy atom. The maximum Gasteiger partial charge on any atom is 0.269 e. The molecule has 0 aliphatic heterocycles. The Kier molecular flexibility index (Phi) is 9.48. The molecule has 10 rings (SSSR count). The van der Waals surface area contributed by atoms with E-state index in [1.54, 1.807) is 0 Å². The normalized spacial score (nSPS) is 40.0. The number of hydrogen-bond donors (Lipinski definition) is 0. The molecule has 0 saturated heterocycles. The van der Waals surface area contributed by atoms with Gasteiger partial charge in [0.2, 0.25) is 0 Å². The van der Waals surface area contributed by atoms with E-state index in [9.17, 15) is 20.2 Å². The zero-order valence-corrected chi connectivity index (χ0v) is 34.1. The highest BCUT2D eigenvalue weighted by Gasteiger charge is 2.78. The largest absolute Gasteiger partial charge is 0.269 e. The van der Waals surface area contributed by atoms with Crippen LogP contribution in [0.5, 0.6) is 0 Å². The van der Waals surface area contributed by atoms with Crippen LogP contribution in [0.3, 0.4) is 0 Å². The van der Waals surface area contributed by atoms with Crippen molar-refractivity contribution in [3.63, 3.8) is 0 Å². The van der Waals surface area contributed by atoms with Gasteiger partial charge in [-0.05, 0) is 157 Å². The second kappa shape index (κ2) is 13.4. The molecule has 0 N–H and O–H groups in total. The van der Waals surface area contributed by atoms with Gasteiger partial charge in [0.05, 0.1) is 9.85 Å². The number of non-ortho nitro benzene ring substituents is 2. The molecule has 6 nitrogen and oxygen atoms in total. The highest BCUT2D eigenvalue weighted by atomic mass is 16.6. The molecule has 4 unspecified atom stereocenters. The van der Waals surface area contributed by atoms with Crippen molar-refractivity contribution in [2.45, 2.75) is 193 Å². The van der Waals surface area contributed by atoms with Gasteiger partial charge in [-0.3, -0.25) is 20.2 Å². The average molecular weight is 737 g/mol. The average Bonchev–Trinajstić information content (AvgIpc) is 3.14. The van der Waals surface area contributed by atoms with Gasteiger partial charge in [0, 0.05) is 24.3 Å². The van der Waals surface area contributed by atoms with Crippen LogP contribution in [0.2, 0.25) is 0 Å². The first kappa shape index (κ1) is 38.1. The summed E-state index contributed by atoms with van der Waals surface area (Å²) in [6, 6.07) is 16.0. The van der Waals surface area contributed by atoms with E-state index in [1.807, 2.05) is 24.3 Å². The third kappa shape index (κ3) is 6.00. The number of nitro benzene ring substituents is 2. The summed E-state index contributed by atoms with van der Waals surface area (Å²) in [5.74, 6) is 0. The summed E-state index contributed by atoms with van der Waals surface area (Å²) in [6.45, 7) is 9.49. The Balaban J connectivity index is 1.34. The first-order valence-electron chi connectivity index (χ1n) is 22.3. The topological polar surface area (TPSA) is 86.3 Å². The van der Waals surface area contributed by atoms with E-state index in [-0.39, 0.29) is 42.9 Å². The molecule has 8 aliphatic carbocycles. The lowest BCUT2D eigenvalue weighted by atomic mass is 9.23. The second-order valence-electron chi connectivity index (χ2n) is 21.3. The van der Waals surface area contributed by atoms with Gasteiger partial charge in [-0.2, -0.15) is 0 Å². The Labute approximate surface area is 325 Å². The van der Waals surface area contributed by atoms with Crippen molar-refractivity contribution in [1.29, 1.82) is 0 Å². The van der Waals surface area contributed by atoms with E-state index in [4.69, 9.17) is 0 Å². The number of unbranched alkanes of at least 4 members (excludes halogenated alkanes) is 4. The molecule has 2 aromatic rings. The maximum absolute atomic E-state index is 11.9. The fourth-order valence-electron chi connectivity index (χ4n) is 17.0. The molecule has 294 valence electrons. The second-order valence-corrected chi connectivity index (χ2v) is 21.3. The zero-order valence-electron chi connectivity index (χ0n) is 34.1. The van der Waals surface area contributed by atoms with E-state index >= 15 is 0 Å². The highest BCUT2D eigenvalue weighted by molar-refractivity contribution is 5.43. The Bertz CT molecular complexity index is 1550. The van der Waals surface area contributed by atoms with Crippen LogP contribution in [-0.4, -0.2) is 9.85 Å². The molecular weight excluding hydrogens is 669 g/mol. The van der Waals surface area contributed by atoms with Crippen LogP contribution in [0.25, 0.3) is 0 Å². The molecule has 0 spiro atoms. The summed E-state index contributed by atoms with van der Waals surface area (Å²) in [5.41, 5.74) is 5.03. The molecule has 2 aromatic carbocycles. The standard InChI is InChI=1S/C48H68N2O4/c1-5-9-21-41-25-42(22-10-6-2)28-45(27-41,37-13-17-39(18-14-37)49(51)52)35-47(31-41,32-42)48-33-43(23-11-7-3)26-44(34-48,24-12-8-4)30-46(29-43,36-48)38-15-19-40(20-16-38)50(53)54/h13-20H,5-12,21-36H2,1-4H3. The van der Waals surface area contributed by atoms with Gasteiger partial charge in [0.15, 0.2) is 0 Å². The van der Waals surface area contributed by atoms with E-state index < -0.39 is 0 Å². The number of nitrogens with zero attached hydrogens (tertiary/aromatic N) is 2. The highest BCUT2D eigenvalue weighted by Crippen LogP contribution is 2.87. The van der Waals surface area contributed by atoms with Gasteiger partial charge < -0.3 is 0 Å². The molecule has 0 radical (unpaired) electrons. The van der Waals surface area contributed by atoms with Crippen molar-refractivity contribution in [3.05, 3.63) is 79.9 Å². The molecule has 0 amide bonds. The minimum atomic E-state index is -0.227. The fraction of sp³-hybridized carbons (Fsp3) is 0.750. The van der Waals surface area contributed by atoms with E-state index in [2.05, 4.69) is 52.0 Å². The van der Waals surface area contributed by atoms with Crippen LogP contribution >= 0.6 is 0 Å². The molecule has 54 heavy (non-hydrogen) atoms. The zero-order chi connectivity index (χ0) is 38.1. The molecule has 6 heteroatoms. The number of rotatable bonds is 17. The van der Waals surface area contributed by atoms with E-state index in [0.29, 0.717) is 21.7 Å². The molecule has 8 aliphatic rings. The van der Waals surface area contributed by atoms with Crippen LogP contribution in [0, 0.1) is 52.7 Å². The first-order valence-corrected chi connectivity index (χ1v) is 22.3. The van der Waals surface area contributed by atoms with Gasteiger partial charge in [-0.25, -0.2) is 0 Å². The Hall–Kier alpha value is -2.76. The first-order chi connectivity index (χ1) is 25.8. The summed E-state index contributed by atoms with van der Waals surface area (Å²) >= 11 is 0. The third-order valence-electron chi connectivity index (χ3n) is 17.3. The smallest absolute Gasteiger partial charge is 0.258 e. The van der Waals surface area contributed by atoms with Crippen LogP contribution in [0.15, 0.2) is 48.5 Å². The van der Waals surface area contributed by atoms with Crippen molar-refractivity contribution in [1.82, 2.24) is 0 Å². The van der Waals surface area contributed by atoms with Gasteiger partial charge in [-0.1, -0.05) is 103 Å². The predicted molar refractivity (Wildman–Crippen MR) is 218 cm³/mol. The van der Waals surface area contributed by atoms with E-state index in [1.165, 1.54) is 165 Å². The molecular formula is C48H68N2O4. The SMILES string of the molecule is CCCCC12CC3(CCCC)CC(c4ccc([N+](=O)[O-])cc4)(C1)CC(C14CC5(CCCC)CC(CCCC)(CC(c6ccc([N+](=O)[O-])cc6)(C5)C1)C4)(C2)C3. The summed E-state index contributed by atoms with van der Waals surface area (Å²) < 4.78 is 0. The van der Waals surface area contributed by atoms with Crippen molar-refractivity contribution in [2.75, 3.05) is 0 Å². The van der Waals surface area contributed by atoms with Crippen molar-refractivity contribution < 1.29 is 9.85 Å². The Morgan fingerprint density at radius 2 is 0.704 bits per heavy atom. The molecule has 8 fully saturated rings. The minimum absolute atomic E-state index is 0.0579. The lowest BCUT2D eigenvalue weighted by Crippen LogP contribution is -2.72. The molecule has 0 aromatic heterocycles. The van der Waals surface area contributed by atoms with Crippen molar-refractivity contribution >= 4 is 11.4 Å². The summed E-state index contributed by atoms with van der Waals surface area (Å²) in [7, 11) is 0.